The molecule has 1 aliphatic rings. The number of nitrogens with one attached hydrogen (secondary N) is 2. The Kier molecular flexibility index (Phi) is 6.69. The van der Waals surface area contributed by atoms with Crippen LogP contribution in [-0.4, -0.2) is 25.0 Å². The molecule has 3 atom stereocenters. The second-order valence-corrected chi connectivity index (χ2v) is 6.10. The molecule has 3 nitrogen and oxygen atoms in total. The zero-order valence-corrected chi connectivity index (χ0v) is 12.5. The van der Waals surface area contributed by atoms with Crippen LogP contribution in [0.3, 0.4) is 0 Å². The lowest BCUT2D eigenvalue weighted by atomic mass is 9.74. The van der Waals surface area contributed by atoms with Crippen molar-refractivity contribution in [3.8, 4) is 0 Å². The van der Waals surface area contributed by atoms with E-state index in [1.165, 1.54) is 12.8 Å². The third-order valence-electron chi connectivity index (χ3n) is 4.15. The summed E-state index contributed by atoms with van der Waals surface area (Å²) in [5.41, 5.74) is 0. The molecule has 0 aliphatic heterocycles. The second-order valence-electron chi connectivity index (χ2n) is 6.10. The zero-order valence-electron chi connectivity index (χ0n) is 12.5. The molecule has 1 fully saturated rings. The molecule has 1 rings (SSSR count). The van der Waals surface area contributed by atoms with Crippen molar-refractivity contribution in [3.63, 3.8) is 0 Å². The normalized spacial score (nSPS) is 28.4. The summed E-state index contributed by atoms with van der Waals surface area (Å²) in [6, 6.07) is 0.392. The average molecular weight is 254 g/mol. The molecule has 1 amide bonds. The van der Waals surface area contributed by atoms with Crippen molar-refractivity contribution in [2.24, 2.45) is 17.8 Å². The van der Waals surface area contributed by atoms with Crippen molar-refractivity contribution >= 4 is 5.91 Å². The fourth-order valence-electron chi connectivity index (χ4n) is 3.03. The molecule has 18 heavy (non-hydrogen) atoms. The van der Waals surface area contributed by atoms with Crippen LogP contribution in [0.1, 0.15) is 53.4 Å². The summed E-state index contributed by atoms with van der Waals surface area (Å²) in [7, 11) is 0. The number of carbonyl (C=O) groups is 1. The van der Waals surface area contributed by atoms with Crippen LogP contribution in [0.15, 0.2) is 0 Å². The zero-order chi connectivity index (χ0) is 13.5. The molecule has 0 aromatic rings. The van der Waals surface area contributed by atoms with Gasteiger partial charge in [-0.05, 0) is 37.1 Å². The molecule has 106 valence electrons. The standard InChI is InChI=1S/C15H30N2O/c1-5-16-9-8-15(18)17-14-10-12(4)6-7-13(14)11(2)3/h11-14,16H,5-10H2,1-4H3,(H,17,18). The van der Waals surface area contributed by atoms with E-state index in [4.69, 9.17) is 0 Å². The van der Waals surface area contributed by atoms with E-state index in [0.29, 0.717) is 24.3 Å². The lowest BCUT2D eigenvalue weighted by molar-refractivity contribution is -0.122. The number of rotatable bonds is 6. The van der Waals surface area contributed by atoms with Gasteiger partial charge in [0.05, 0.1) is 0 Å². The Balaban J connectivity index is 2.42. The molecule has 0 aromatic heterocycles. The predicted octanol–water partition coefficient (Wildman–Crippen LogP) is 2.56. The SMILES string of the molecule is CCNCCC(=O)NC1CC(C)CCC1C(C)C. The van der Waals surface area contributed by atoms with Gasteiger partial charge < -0.3 is 10.6 Å². The van der Waals surface area contributed by atoms with Gasteiger partial charge >= 0.3 is 0 Å². The van der Waals surface area contributed by atoms with Crippen molar-refractivity contribution < 1.29 is 4.79 Å². The van der Waals surface area contributed by atoms with E-state index >= 15 is 0 Å². The Hall–Kier alpha value is -0.570. The Morgan fingerprint density at radius 1 is 1.33 bits per heavy atom. The van der Waals surface area contributed by atoms with Crippen LogP contribution in [-0.2, 0) is 4.79 Å². The lowest BCUT2D eigenvalue weighted by Crippen LogP contribution is -2.46. The maximum atomic E-state index is 11.9. The summed E-state index contributed by atoms with van der Waals surface area (Å²) in [4.78, 5) is 11.9. The first-order chi connectivity index (χ1) is 8.54. The van der Waals surface area contributed by atoms with Gasteiger partial charge in [0.15, 0.2) is 0 Å². The van der Waals surface area contributed by atoms with Crippen molar-refractivity contribution in [2.75, 3.05) is 13.1 Å². The van der Waals surface area contributed by atoms with Gasteiger partial charge in [-0.1, -0.05) is 34.1 Å². The third kappa shape index (κ3) is 4.97. The van der Waals surface area contributed by atoms with E-state index in [0.717, 1.165) is 25.4 Å². The second kappa shape index (κ2) is 7.78. The Morgan fingerprint density at radius 2 is 2.06 bits per heavy atom. The average Bonchev–Trinajstić information content (AvgIpc) is 2.29. The van der Waals surface area contributed by atoms with E-state index in [2.05, 4.69) is 38.3 Å². The predicted molar refractivity (Wildman–Crippen MR) is 76.4 cm³/mol. The van der Waals surface area contributed by atoms with Gasteiger partial charge in [-0.3, -0.25) is 4.79 Å². The van der Waals surface area contributed by atoms with E-state index in [1.54, 1.807) is 0 Å². The van der Waals surface area contributed by atoms with Crippen molar-refractivity contribution in [1.29, 1.82) is 0 Å². The van der Waals surface area contributed by atoms with Gasteiger partial charge in [-0.15, -0.1) is 0 Å². The van der Waals surface area contributed by atoms with Crippen LogP contribution in [0.25, 0.3) is 0 Å². The van der Waals surface area contributed by atoms with Gasteiger partial charge in [0, 0.05) is 19.0 Å². The van der Waals surface area contributed by atoms with Crippen molar-refractivity contribution in [3.05, 3.63) is 0 Å². The third-order valence-corrected chi connectivity index (χ3v) is 4.15. The van der Waals surface area contributed by atoms with Gasteiger partial charge in [-0.2, -0.15) is 0 Å². The van der Waals surface area contributed by atoms with E-state index in [1.807, 2.05) is 0 Å². The number of amides is 1. The summed E-state index contributed by atoms with van der Waals surface area (Å²) in [6.45, 7) is 10.6. The monoisotopic (exact) mass is 254 g/mol. The molecule has 1 saturated carbocycles. The Morgan fingerprint density at radius 3 is 2.67 bits per heavy atom. The summed E-state index contributed by atoms with van der Waals surface area (Å²) < 4.78 is 0. The summed E-state index contributed by atoms with van der Waals surface area (Å²) in [5.74, 6) is 2.28. The minimum absolute atomic E-state index is 0.209. The molecule has 0 bridgehead atoms. The Bertz CT molecular complexity index is 253. The van der Waals surface area contributed by atoms with E-state index < -0.39 is 0 Å². The quantitative estimate of drug-likeness (QED) is 0.715. The van der Waals surface area contributed by atoms with Crippen molar-refractivity contribution in [2.45, 2.75) is 59.4 Å². The molecular weight excluding hydrogens is 224 g/mol. The highest BCUT2D eigenvalue weighted by molar-refractivity contribution is 5.76. The molecule has 0 spiro atoms. The summed E-state index contributed by atoms with van der Waals surface area (Å²) >= 11 is 0. The van der Waals surface area contributed by atoms with Crippen LogP contribution in [0.4, 0.5) is 0 Å². The smallest absolute Gasteiger partial charge is 0.221 e. The van der Waals surface area contributed by atoms with E-state index in [-0.39, 0.29) is 5.91 Å². The van der Waals surface area contributed by atoms with Crippen LogP contribution in [0, 0.1) is 17.8 Å². The van der Waals surface area contributed by atoms with Gasteiger partial charge in [0.2, 0.25) is 5.91 Å². The topological polar surface area (TPSA) is 41.1 Å². The van der Waals surface area contributed by atoms with Crippen molar-refractivity contribution in [1.82, 2.24) is 10.6 Å². The molecule has 0 aromatic carbocycles. The van der Waals surface area contributed by atoms with Crippen LogP contribution in [0.5, 0.6) is 0 Å². The number of carbonyl (C=O) groups excluding carboxylic acids is 1. The molecule has 1 aliphatic carbocycles. The molecule has 2 N–H and O–H groups in total. The molecule has 0 radical (unpaired) electrons. The highest BCUT2D eigenvalue weighted by atomic mass is 16.1. The summed E-state index contributed by atoms with van der Waals surface area (Å²) in [5, 5.41) is 6.46. The Labute approximate surface area is 112 Å². The van der Waals surface area contributed by atoms with Crippen LogP contribution < -0.4 is 10.6 Å². The molecule has 0 saturated heterocycles. The highest BCUT2D eigenvalue weighted by Crippen LogP contribution is 2.33. The molecule has 3 unspecified atom stereocenters. The van der Waals surface area contributed by atoms with Gasteiger partial charge in [-0.25, -0.2) is 0 Å². The minimum atomic E-state index is 0.209. The first-order valence-electron chi connectivity index (χ1n) is 7.54. The molecular formula is C15H30N2O. The van der Waals surface area contributed by atoms with Gasteiger partial charge in [0.1, 0.15) is 0 Å². The molecule has 3 heteroatoms. The van der Waals surface area contributed by atoms with E-state index in [9.17, 15) is 4.79 Å². The van der Waals surface area contributed by atoms with Gasteiger partial charge in [0.25, 0.3) is 0 Å². The van der Waals surface area contributed by atoms with Crippen LogP contribution >= 0.6 is 0 Å². The molecule has 0 heterocycles. The number of hydrogen-bond acceptors (Lipinski definition) is 2. The largest absolute Gasteiger partial charge is 0.353 e. The number of hydrogen-bond donors (Lipinski definition) is 2. The minimum Gasteiger partial charge on any atom is -0.353 e. The summed E-state index contributed by atoms with van der Waals surface area (Å²) in [6.07, 6.45) is 4.32. The first kappa shape index (κ1) is 15.5. The lowest BCUT2D eigenvalue weighted by Gasteiger charge is -2.37. The first-order valence-corrected chi connectivity index (χ1v) is 7.54. The fraction of sp³-hybridized carbons (Fsp3) is 0.933. The maximum absolute atomic E-state index is 11.9. The highest BCUT2D eigenvalue weighted by Gasteiger charge is 2.31. The fourth-order valence-corrected chi connectivity index (χ4v) is 3.03. The maximum Gasteiger partial charge on any atom is 0.221 e. The van der Waals surface area contributed by atoms with Crippen LogP contribution in [0.2, 0.25) is 0 Å².